The molecule has 0 amide bonds. The van der Waals surface area contributed by atoms with E-state index in [4.69, 9.17) is 4.74 Å². The van der Waals surface area contributed by atoms with Gasteiger partial charge < -0.3 is 4.74 Å². The first-order valence-corrected chi connectivity index (χ1v) is 7.57. The fourth-order valence-corrected chi connectivity index (χ4v) is 3.20. The molecule has 0 bridgehead atoms. The number of hydrogen-bond donors (Lipinski definition) is 1. The quantitative estimate of drug-likeness (QED) is 0.940. The molecule has 0 aliphatic heterocycles. The zero-order valence-corrected chi connectivity index (χ0v) is 12.3. The molecule has 2 aromatic rings. The number of para-hydroxylation sites is 1. The molecule has 0 unspecified atom stereocenters. The van der Waals surface area contributed by atoms with Gasteiger partial charge in [0.05, 0.1) is 7.11 Å². The molecule has 1 aromatic carbocycles. The number of aromatic amines is 1. The number of nitrogens with zero attached hydrogens (tertiary/aromatic N) is 2. The lowest BCUT2D eigenvalue weighted by Gasteiger charge is -2.23. The van der Waals surface area contributed by atoms with Gasteiger partial charge in [0.25, 0.3) is 0 Å². The second-order valence-electron chi connectivity index (χ2n) is 5.60. The van der Waals surface area contributed by atoms with Crippen LogP contribution < -0.4 is 10.4 Å². The van der Waals surface area contributed by atoms with Crippen molar-refractivity contribution < 1.29 is 4.74 Å². The second-order valence-corrected chi connectivity index (χ2v) is 5.60. The maximum absolute atomic E-state index is 12.1. The summed E-state index contributed by atoms with van der Waals surface area (Å²) >= 11 is 0. The van der Waals surface area contributed by atoms with Crippen LogP contribution in [0.2, 0.25) is 0 Å². The van der Waals surface area contributed by atoms with Crippen LogP contribution in [-0.2, 0) is 6.42 Å². The van der Waals surface area contributed by atoms with Crippen LogP contribution in [0.4, 0.5) is 0 Å². The number of aromatic nitrogens is 3. The average molecular weight is 287 g/mol. The molecule has 1 saturated carbocycles. The van der Waals surface area contributed by atoms with Crippen LogP contribution in [0.15, 0.2) is 29.1 Å². The van der Waals surface area contributed by atoms with Crippen molar-refractivity contribution in [1.29, 1.82) is 0 Å². The third-order valence-electron chi connectivity index (χ3n) is 4.26. The minimum atomic E-state index is -0.0909. The largest absolute Gasteiger partial charge is 0.496 e. The Balaban J connectivity index is 1.91. The maximum Gasteiger partial charge on any atom is 0.343 e. The Bertz CT molecular complexity index is 654. The number of ether oxygens (including phenoxy) is 1. The molecule has 21 heavy (non-hydrogen) atoms. The molecule has 5 nitrogen and oxygen atoms in total. The lowest BCUT2D eigenvalue weighted by atomic mass is 9.95. The highest BCUT2D eigenvalue weighted by atomic mass is 16.5. The second kappa shape index (κ2) is 6.16. The molecule has 1 heterocycles. The number of H-pyrrole nitrogens is 1. The molecule has 0 radical (unpaired) electrons. The predicted octanol–water partition coefficient (Wildman–Crippen LogP) is 2.68. The summed E-state index contributed by atoms with van der Waals surface area (Å²) in [6.45, 7) is 0. The van der Waals surface area contributed by atoms with Crippen LogP contribution in [0.3, 0.4) is 0 Å². The van der Waals surface area contributed by atoms with E-state index in [0.717, 1.165) is 30.0 Å². The monoisotopic (exact) mass is 287 g/mol. The smallest absolute Gasteiger partial charge is 0.343 e. The van der Waals surface area contributed by atoms with Crippen molar-refractivity contribution in [1.82, 2.24) is 14.8 Å². The summed E-state index contributed by atoms with van der Waals surface area (Å²) in [7, 11) is 1.66. The SMILES string of the molecule is COc1ccccc1Cc1n[nH]c(=O)n1C1CCCCC1. The number of nitrogens with one attached hydrogen (secondary N) is 1. The fraction of sp³-hybridized carbons (Fsp3) is 0.500. The van der Waals surface area contributed by atoms with Crippen molar-refractivity contribution in [2.24, 2.45) is 0 Å². The van der Waals surface area contributed by atoms with E-state index < -0.39 is 0 Å². The molecule has 1 aliphatic rings. The topological polar surface area (TPSA) is 59.9 Å². The molecular formula is C16H21N3O2. The van der Waals surface area contributed by atoms with E-state index in [1.54, 1.807) is 7.11 Å². The first kappa shape index (κ1) is 13.9. The van der Waals surface area contributed by atoms with Crippen LogP contribution in [-0.4, -0.2) is 21.9 Å². The molecule has 1 aliphatic carbocycles. The van der Waals surface area contributed by atoms with Crippen LogP contribution in [0, 0.1) is 0 Å². The van der Waals surface area contributed by atoms with Gasteiger partial charge in [-0.05, 0) is 18.9 Å². The molecule has 1 N–H and O–H groups in total. The lowest BCUT2D eigenvalue weighted by molar-refractivity contribution is 0.340. The number of hydrogen-bond acceptors (Lipinski definition) is 3. The van der Waals surface area contributed by atoms with Crippen molar-refractivity contribution in [3.63, 3.8) is 0 Å². The van der Waals surface area contributed by atoms with Gasteiger partial charge in [0, 0.05) is 18.0 Å². The summed E-state index contributed by atoms with van der Waals surface area (Å²) in [4.78, 5) is 12.1. The third-order valence-corrected chi connectivity index (χ3v) is 4.26. The van der Waals surface area contributed by atoms with Gasteiger partial charge in [0.2, 0.25) is 0 Å². The summed E-state index contributed by atoms with van der Waals surface area (Å²) < 4.78 is 7.24. The Labute approximate surface area is 124 Å². The maximum atomic E-state index is 12.1. The van der Waals surface area contributed by atoms with E-state index >= 15 is 0 Å². The summed E-state index contributed by atoms with van der Waals surface area (Å²) in [5.41, 5.74) is 0.961. The van der Waals surface area contributed by atoms with Crippen molar-refractivity contribution in [2.75, 3.05) is 7.11 Å². The Morgan fingerprint density at radius 1 is 1.29 bits per heavy atom. The summed E-state index contributed by atoms with van der Waals surface area (Å²) in [5.74, 6) is 1.64. The Morgan fingerprint density at radius 3 is 2.81 bits per heavy atom. The van der Waals surface area contributed by atoms with Crippen molar-refractivity contribution in [3.8, 4) is 5.75 Å². The minimum Gasteiger partial charge on any atom is -0.496 e. The van der Waals surface area contributed by atoms with E-state index in [2.05, 4.69) is 10.2 Å². The zero-order valence-electron chi connectivity index (χ0n) is 12.3. The van der Waals surface area contributed by atoms with E-state index in [1.165, 1.54) is 19.3 Å². The first-order valence-electron chi connectivity index (χ1n) is 7.57. The van der Waals surface area contributed by atoms with E-state index in [-0.39, 0.29) is 11.7 Å². The highest BCUT2D eigenvalue weighted by Gasteiger charge is 2.21. The van der Waals surface area contributed by atoms with Crippen LogP contribution >= 0.6 is 0 Å². The van der Waals surface area contributed by atoms with Gasteiger partial charge in [-0.15, -0.1) is 0 Å². The molecule has 0 spiro atoms. The third kappa shape index (κ3) is 2.86. The standard InChI is InChI=1S/C16H21N3O2/c1-21-14-10-6-5-7-12(14)11-15-17-18-16(20)19(15)13-8-3-2-4-9-13/h5-7,10,13H,2-4,8-9,11H2,1H3,(H,18,20). The molecular weight excluding hydrogens is 266 g/mol. The highest BCUT2D eigenvalue weighted by molar-refractivity contribution is 5.35. The van der Waals surface area contributed by atoms with Gasteiger partial charge in [-0.2, -0.15) is 5.10 Å². The van der Waals surface area contributed by atoms with Gasteiger partial charge >= 0.3 is 5.69 Å². The fourth-order valence-electron chi connectivity index (χ4n) is 3.20. The number of methoxy groups -OCH3 is 1. The van der Waals surface area contributed by atoms with Gasteiger partial charge in [-0.1, -0.05) is 37.5 Å². The van der Waals surface area contributed by atoms with Gasteiger partial charge in [-0.3, -0.25) is 4.57 Å². The Morgan fingerprint density at radius 2 is 2.05 bits per heavy atom. The molecule has 0 atom stereocenters. The lowest BCUT2D eigenvalue weighted by Crippen LogP contribution is -2.26. The molecule has 1 fully saturated rings. The summed E-state index contributed by atoms with van der Waals surface area (Å²) in [6, 6.07) is 8.16. The van der Waals surface area contributed by atoms with Gasteiger partial charge in [0.1, 0.15) is 11.6 Å². The van der Waals surface area contributed by atoms with E-state index in [9.17, 15) is 4.79 Å². The molecule has 5 heteroatoms. The van der Waals surface area contributed by atoms with Crippen LogP contribution in [0.1, 0.15) is 49.5 Å². The van der Waals surface area contributed by atoms with Gasteiger partial charge in [0.15, 0.2) is 0 Å². The first-order chi connectivity index (χ1) is 10.3. The minimum absolute atomic E-state index is 0.0909. The Hall–Kier alpha value is -2.04. The average Bonchev–Trinajstić information content (AvgIpc) is 2.89. The zero-order chi connectivity index (χ0) is 14.7. The normalized spacial score (nSPS) is 16.0. The van der Waals surface area contributed by atoms with E-state index in [0.29, 0.717) is 6.42 Å². The van der Waals surface area contributed by atoms with Crippen LogP contribution in [0.25, 0.3) is 0 Å². The Kier molecular flexibility index (Phi) is 4.08. The molecule has 0 saturated heterocycles. The van der Waals surface area contributed by atoms with Crippen LogP contribution in [0.5, 0.6) is 5.75 Å². The predicted molar refractivity (Wildman–Crippen MR) is 80.8 cm³/mol. The number of benzene rings is 1. The summed E-state index contributed by atoms with van der Waals surface area (Å²) in [5, 5.41) is 6.84. The van der Waals surface area contributed by atoms with E-state index in [1.807, 2.05) is 28.8 Å². The molecule has 3 rings (SSSR count). The van der Waals surface area contributed by atoms with Crippen molar-refractivity contribution in [3.05, 3.63) is 46.1 Å². The molecule has 1 aromatic heterocycles. The van der Waals surface area contributed by atoms with Crippen molar-refractivity contribution in [2.45, 2.75) is 44.6 Å². The van der Waals surface area contributed by atoms with Crippen molar-refractivity contribution >= 4 is 0 Å². The molecule has 112 valence electrons. The summed E-state index contributed by atoms with van der Waals surface area (Å²) in [6.07, 6.45) is 6.40. The number of rotatable bonds is 4. The van der Waals surface area contributed by atoms with Gasteiger partial charge in [-0.25, -0.2) is 9.89 Å². The highest BCUT2D eigenvalue weighted by Crippen LogP contribution is 2.28.